The molecular formula is C18H26N4O3. The van der Waals surface area contributed by atoms with Gasteiger partial charge < -0.3 is 10.6 Å². The van der Waals surface area contributed by atoms with Crippen molar-refractivity contribution in [2.45, 2.75) is 32.2 Å². The molecule has 25 heavy (non-hydrogen) atoms. The SMILES string of the molecule is CCCN(CC(=O)NC(N)=O)C1CCN(C(=O)c2ccccc2)CC1. The van der Waals surface area contributed by atoms with E-state index >= 15 is 0 Å². The molecule has 0 aliphatic carbocycles. The number of rotatable bonds is 6. The Bertz CT molecular complexity index is 598. The van der Waals surface area contributed by atoms with E-state index in [1.165, 1.54) is 0 Å². The van der Waals surface area contributed by atoms with Crippen LogP contribution in [0.2, 0.25) is 0 Å². The van der Waals surface area contributed by atoms with E-state index in [1.54, 1.807) is 0 Å². The summed E-state index contributed by atoms with van der Waals surface area (Å²) in [6.45, 7) is 4.29. The number of imide groups is 1. The molecule has 3 N–H and O–H groups in total. The molecule has 0 saturated carbocycles. The number of hydrogen-bond acceptors (Lipinski definition) is 4. The zero-order valence-electron chi connectivity index (χ0n) is 14.6. The molecule has 4 amide bonds. The summed E-state index contributed by atoms with van der Waals surface area (Å²) in [7, 11) is 0. The summed E-state index contributed by atoms with van der Waals surface area (Å²) in [4.78, 5) is 39.1. The van der Waals surface area contributed by atoms with E-state index in [0.29, 0.717) is 18.7 Å². The molecule has 1 heterocycles. The van der Waals surface area contributed by atoms with Gasteiger partial charge in [0, 0.05) is 24.7 Å². The van der Waals surface area contributed by atoms with Crippen LogP contribution in [0.15, 0.2) is 30.3 Å². The Labute approximate surface area is 148 Å². The van der Waals surface area contributed by atoms with Gasteiger partial charge in [-0.15, -0.1) is 0 Å². The first kappa shape index (κ1) is 18.9. The number of benzene rings is 1. The number of carbonyl (C=O) groups excluding carboxylic acids is 3. The molecule has 0 atom stereocenters. The Morgan fingerprint density at radius 2 is 1.84 bits per heavy atom. The molecule has 1 aliphatic rings. The van der Waals surface area contributed by atoms with E-state index in [-0.39, 0.29) is 24.4 Å². The van der Waals surface area contributed by atoms with Gasteiger partial charge in [-0.05, 0) is 37.9 Å². The predicted octanol–water partition coefficient (Wildman–Crippen LogP) is 1.20. The maximum absolute atomic E-state index is 12.5. The molecule has 1 aromatic carbocycles. The number of piperidine rings is 1. The van der Waals surface area contributed by atoms with Crippen LogP contribution in [0.25, 0.3) is 0 Å². The zero-order valence-corrected chi connectivity index (χ0v) is 14.6. The third kappa shape index (κ3) is 5.56. The molecule has 1 aliphatic heterocycles. The van der Waals surface area contributed by atoms with Crippen LogP contribution in [0.5, 0.6) is 0 Å². The van der Waals surface area contributed by atoms with Crippen LogP contribution < -0.4 is 11.1 Å². The summed E-state index contributed by atoms with van der Waals surface area (Å²) >= 11 is 0. The molecule has 0 radical (unpaired) electrons. The van der Waals surface area contributed by atoms with Crippen molar-refractivity contribution in [2.75, 3.05) is 26.2 Å². The highest BCUT2D eigenvalue weighted by Gasteiger charge is 2.28. The third-order valence-corrected chi connectivity index (χ3v) is 4.41. The van der Waals surface area contributed by atoms with E-state index in [1.807, 2.05) is 42.2 Å². The molecule has 0 unspecified atom stereocenters. The van der Waals surface area contributed by atoms with Crippen LogP contribution in [0.1, 0.15) is 36.5 Å². The highest BCUT2D eigenvalue weighted by Crippen LogP contribution is 2.19. The third-order valence-electron chi connectivity index (χ3n) is 4.41. The number of urea groups is 1. The first-order valence-electron chi connectivity index (χ1n) is 8.69. The fourth-order valence-electron chi connectivity index (χ4n) is 3.24. The maximum Gasteiger partial charge on any atom is 0.318 e. The molecule has 7 nitrogen and oxygen atoms in total. The molecule has 1 saturated heterocycles. The normalized spacial score (nSPS) is 15.2. The second-order valence-electron chi connectivity index (χ2n) is 6.27. The largest absolute Gasteiger partial charge is 0.351 e. The topological polar surface area (TPSA) is 95.7 Å². The second kappa shape index (κ2) is 9.17. The summed E-state index contributed by atoms with van der Waals surface area (Å²) in [5.41, 5.74) is 5.70. The molecule has 7 heteroatoms. The summed E-state index contributed by atoms with van der Waals surface area (Å²) in [5.74, 6) is -0.337. The van der Waals surface area contributed by atoms with Crippen molar-refractivity contribution in [2.24, 2.45) is 5.73 Å². The van der Waals surface area contributed by atoms with Crippen molar-refractivity contribution in [1.82, 2.24) is 15.1 Å². The van der Waals surface area contributed by atoms with E-state index in [4.69, 9.17) is 5.73 Å². The van der Waals surface area contributed by atoms with Crippen LogP contribution >= 0.6 is 0 Å². The minimum Gasteiger partial charge on any atom is -0.351 e. The Hall–Kier alpha value is -2.41. The first-order chi connectivity index (χ1) is 12.0. The van der Waals surface area contributed by atoms with Gasteiger partial charge in [-0.2, -0.15) is 0 Å². The molecule has 0 spiro atoms. The molecule has 136 valence electrons. The summed E-state index contributed by atoms with van der Waals surface area (Å²) in [5, 5.41) is 2.11. The molecule has 1 aromatic rings. The average molecular weight is 346 g/mol. The number of carbonyl (C=O) groups is 3. The number of hydrogen-bond donors (Lipinski definition) is 2. The van der Waals surface area contributed by atoms with Crippen LogP contribution in [-0.4, -0.2) is 59.9 Å². The highest BCUT2D eigenvalue weighted by atomic mass is 16.2. The van der Waals surface area contributed by atoms with Crippen molar-refractivity contribution < 1.29 is 14.4 Å². The number of nitrogens with zero attached hydrogens (tertiary/aromatic N) is 2. The van der Waals surface area contributed by atoms with Gasteiger partial charge >= 0.3 is 6.03 Å². The van der Waals surface area contributed by atoms with E-state index in [9.17, 15) is 14.4 Å². The first-order valence-corrected chi connectivity index (χ1v) is 8.69. The van der Waals surface area contributed by atoms with Gasteiger partial charge in [0.1, 0.15) is 0 Å². The fraction of sp³-hybridized carbons (Fsp3) is 0.500. The maximum atomic E-state index is 12.5. The molecule has 0 bridgehead atoms. The second-order valence-corrected chi connectivity index (χ2v) is 6.27. The smallest absolute Gasteiger partial charge is 0.318 e. The van der Waals surface area contributed by atoms with Crippen LogP contribution in [-0.2, 0) is 4.79 Å². The lowest BCUT2D eigenvalue weighted by Crippen LogP contribution is -2.50. The molecule has 1 fully saturated rings. The van der Waals surface area contributed by atoms with Crippen molar-refractivity contribution in [3.05, 3.63) is 35.9 Å². The predicted molar refractivity (Wildman–Crippen MR) is 95.0 cm³/mol. The standard InChI is InChI=1S/C18H26N4O3/c1-2-10-22(13-16(23)20-18(19)25)15-8-11-21(12-9-15)17(24)14-6-4-3-5-7-14/h3-7,15H,2,8-13H2,1H3,(H3,19,20,23,25). The summed E-state index contributed by atoms with van der Waals surface area (Å²) in [6, 6.07) is 8.66. The molecular weight excluding hydrogens is 320 g/mol. The van der Waals surface area contributed by atoms with Crippen molar-refractivity contribution in [1.29, 1.82) is 0 Å². The summed E-state index contributed by atoms with van der Waals surface area (Å²) < 4.78 is 0. The Morgan fingerprint density at radius 3 is 2.40 bits per heavy atom. The fourth-order valence-corrected chi connectivity index (χ4v) is 3.24. The Balaban J connectivity index is 1.90. The number of nitrogens with one attached hydrogen (secondary N) is 1. The van der Waals surface area contributed by atoms with Gasteiger partial charge in [0.15, 0.2) is 0 Å². The van der Waals surface area contributed by atoms with E-state index in [2.05, 4.69) is 10.2 Å². The van der Waals surface area contributed by atoms with Crippen LogP contribution in [0, 0.1) is 0 Å². The summed E-state index contributed by atoms with van der Waals surface area (Å²) in [6.07, 6.45) is 2.53. The number of nitrogens with two attached hydrogens (primary N) is 1. The van der Waals surface area contributed by atoms with E-state index in [0.717, 1.165) is 25.8 Å². The van der Waals surface area contributed by atoms with Crippen LogP contribution in [0.3, 0.4) is 0 Å². The molecule has 0 aromatic heterocycles. The lowest BCUT2D eigenvalue weighted by molar-refractivity contribution is -0.121. The number of likely N-dealkylation sites (tertiary alicyclic amines) is 1. The minimum absolute atomic E-state index is 0.0487. The van der Waals surface area contributed by atoms with Crippen molar-refractivity contribution >= 4 is 17.8 Å². The number of amides is 4. The van der Waals surface area contributed by atoms with E-state index < -0.39 is 6.03 Å². The number of primary amides is 1. The average Bonchev–Trinajstić information content (AvgIpc) is 2.61. The Kier molecular flexibility index (Phi) is 6.94. The lowest BCUT2D eigenvalue weighted by Gasteiger charge is -2.38. The van der Waals surface area contributed by atoms with Gasteiger partial charge in [-0.3, -0.25) is 19.8 Å². The van der Waals surface area contributed by atoms with Gasteiger partial charge in [-0.25, -0.2) is 4.79 Å². The van der Waals surface area contributed by atoms with Crippen molar-refractivity contribution in [3.8, 4) is 0 Å². The minimum atomic E-state index is -0.829. The monoisotopic (exact) mass is 346 g/mol. The lowest BCUT2D eigenvalue weighted by atomic mass is 10.0. The Morgan fingerprint density at radius 1 is 1.20 bits per heavy atom. The van der Waals surface area contributed by atoms with Gasteiger partial charge in [0.05, 0.1) is 6.54 Å². The quantitative estimate of drug-likeness (QED) is 0.809. The van der Waals surface area contributed by atoms with Gasteiger partial charge in [0.25, 0.3) is 5.91 Å². The van der Waals surface area contributed by atoms with Gasteiger partial charge in [-0.1, -0.05) is 25.1 Å². The van der Waals surface area contributed by atoms with Gasteiger partial charge in [0.2, 0.25) is 5.91 Å². The highest BCUT2D eigenvalue weighted by molar-refractivity contribution is 5.95. The molecule has 2 rings (SSSR count). The van der Waals surface area contributed by atoms with Crippen molar-refractivity contribution in [3.63, 3.8) is 0 Å². The van der Waals surface area contributed by atoms with Crippen LogP contribution in [0.4, 0.5) is 4.79 Å². The zero-order chi connectivity index (χ0) is 18.2.